The highest BCUT2D eigenvalue weighted by Gasteiger charge is 2.26. The Bertz CT molecular complexity index is 1010. The van der Waals surface area contributed by atoms with Gasteiger partial charge in [0.15, 0.2) is 17.3 Å². The summed E-state index contributed by atoms with van der Waals surface area (Å²) in [5.41, 5.74) is 0.319. The first-order valence-corrected chi connectivity index (χ1v) is 9.57. The SMILES string of the molecule is COc1ccc(OC)c(NC(=O)C(N=Nc2cc(Cl)cc(OC)c2OC)C(C)=O)c1Cl. The average molecular weight is 470 g/mol. The maximum Gasteiger partial charge on any atom is 0.258 e. The zero-order valence-electron chi connectivity index (χ0n) is 17.5. The van der Waals surface area contributed by atoms with Crippen LogP contribution in [0.15, 0.2) is 34.5 Å². The summed E-state index contributed by atoms with van der Waals surface area (Å²) in [6, 6.07) is 4.67. The Morgan fingerprint density at radius 1 is 0.935 bits per heavy atom. The van der Waals surface area contributed by atoms with Gasteiger partial charge in [0.05, 0.1) is 28.4 Å². The van der Waals surface area contributed by atoms with Crippen molar-refractivity contribution in [3.8, 4) is 23.0 Å². The summed E-state index contributed by atoms with van der Waals surface area (Å²) in [5.74, 6) is -0.157. The summed E-state index contributed by atoms with van der Waals surface area (Å²) in [4.78, 5) is 24.9. The monoisotopic (exact) mass is 469 g/mol. The lowest BCUT2D eigenvalue weighted by Gasteiger charge is -2.16. The number of hydrogen-bond donors (Lipinski definition) is 1. The van der Waals surface area contributed by atoms with Crippen LogP contribution in [-0.2, 0) is 9.59 Å². The first-order valence-electron chi connectivity index (χ1n) is 8.81. The molecule has 1 atom stereocenters. The van der Waals surface area contributed by atoms with Gasteiger partial charge in [-0.05, 0) is 25.1 Å². The predicted molar refractivity (Wildman–Crippen MR) is 117 cm³/mol. The number of carbonyl (C=O) groups excluding carboxylic acids is 2. The second-order valence-electron chi connectivity index (χ2n) is 6.04. The maximum atomic E-state index is 12.8. The number of halogens is 2. The van der Waals surface area contributed by atoms with Gasteiger partial charge in [-0.3, -0.25) is 9.59 Å². The van der Waals surface area contributed by atoms with Crippen LogP contribution in [0.3, 0.4) is 0 Å². The van der Waals surface area contributed by atoms with Crippen LogP contribution in [0.25, 0.3) is 0 Å². The van der Waals surface area contributed by atoms with E-state index in [1.807, 2.05) is 0 Å². The third-order valence-electron chi connectivity index (χ3n) is 4.09. The molecule has 0 spiro atoms. The number of hydrogen-bond acceptors (Lipinski definition) is 8. The summed E-state index contributed by atoms with van der Waals surface area (Å²) in [6.45, 7) is 1.21. The van der Waals surface area contributed by atoms with Crippen LogP contribution in [0.4, 0.5) is 11.4 Å². The van der Waals surface area contributed by atoms with Crippen LogP contribution in [0.1, 0.15) is 6.92 Å². The van der Waals surface area contributed by atoms with E-state index in [0.717, 1.165) is 0 Å². The van der Waals surface area contributed by atoms with Crippen LogP contribution in [0, 0.1) is 0 Å². The molecule has 2 rings (SSSR count). The Morgan fingerprint density at radius 2 is 1.55 bits per heavy atom. The van der Waals surface area contributed by atoms with Gasteiger partial charge >= 0.3 is 0 Å². The van der Waals surface area contributed by atoms with Crippen LogP contribution in [-0.4, -0.2) is 46.2 Å². The average Bonchev–Trinajstić information content (AvgIpc) is 2.74. The number of ether oxygens (including phenoxy) is 4. The molecule has 0 fully saturated rings. The molecule has 0 radical (unpaired) electrons. The Morgan fingerprint density at radius 3 is 2.10 bits per heavy atom. The van der Waals surface area contributed by atoms with E-state index in [0.29, 0.717) is 16.5 Å². The van der Waals surface area contributed by atoms with Crippen LogP contribution in [0.5, 0.6) is 23.0 Å². The van der Waals surface area contributed by atoms with E-state index in [1.165, 1.54) is 47.5 Å². The molecule has 9 nitrogen and oxygen atoms in total. The number of carbonyl (C=O) groups is 2. The highest BCUT2D eigenvalue weighted by molar-refractivity contribution is 6.36. The summed E-state index contributed by atoms with van der Waals surface area (Å²) in [6.07, 6.45) is 0. The highest BCUT2D eigenvalue weighted by Crippen LogP contribution is 2.41. The number of benzene rings is 2. The van der Waals surface area contributed by atoms with Gasteiger partial charge in [-0.25, -0.2) is 0 Å². The first kappa shape index (κ1) is 24.2. The van der Waals surface area contributed by atoms with E-state index >= 15 is 0 Å². The van der Waals surface area contributed by atoms with Crippen molar-refractivity contribution >= 4 is 46.3 Å². The minimum atomic E-state index is -1.47. The molecule has 0 aliphatic rings. The summed E-state index contributed by atoms with van der Waals surface area (Å²) in [5, 5.41) is 10.9. The molecule has 166 valence electrons. The molecule has 1 amide bonds. The normalized spacial score (nSPS) is 11.7. The van der Waals surface area contributed by atoms with Gasteiger partial charge in [0.25, 0.3) is 5.91 Å². The van der Waals surface area contributed by atoms with Gasteiger partial charge in [-0.2, -0.15) is 10.2 Å². The number of ketones is 1. The van der Waals surface area contributed by atoms with Crippen molar-refractivity contribution < 1.29 is 28.5 Å². The van der Waals surface area contributed by atoms with E-state index in [-0.39, 0.29) is 27.9 Å². The molecule has 0 aliphatic carbocycles. The lowest BCUT2D eigenvalue weighted by atomic mass is 10.2. The Labute approximate surface area is 189 Å². The molecule has 0 saturated heterocycles. The molecule has 0 heterocycles. The predicted octanol–water partition coefficient (Wildman–Crippen LogP) is 4.71. The van der Waals surface area contributed by atoms with Crippen LogP contribution < -0.4 is 24.3 Å². The molecule has 0 bridgehead atoms. The quantitative estimate of drug-likeness (QED) is 0.420. The van der Waals surface area contributed by atoms with Crippen molar-refractivity contribution in [2.75, 3.05) is 33.8 Å². The number of nitrogens with zero attached hydrogens (tertiary/aromatic N) is 2. The van der Waals surface area contributed by atoms with E-state index in [1.54, 1.807) is 12.1 Å². The number of methoxy groups -OCH3 is 4. The minimum Gasteiger partial charge on any atom is -0.495 e. The largest absolute Gasteiger partial charge is 0.495 e. The van der Waals surface area contributed by atoms with Gasteiger partial charge in [-0.1, -0.05) is 23.2 Å². The molecule has 11 heteroatoms. The molecule has 1 unspecified atom stereocenters. The molecular weight excluding hydrogens is 449 g/mol. The molecule has 0 aromatic heterocycles. The number of nitrogens with one attached hydrogen (secondary N) is 1. The zero-order chi connectivity index (χ0) is 23.1. The van der Waals surface area contributed by atoms with Crippen LogP contribution >= 0.6 is 23.2 Å². The molecule has 2 aromatic rings. The molecule has 0 saturated carbocycles. The third-order valence-corrected chi connectivity index (χ3v) is 4.69. The molecular formula is C20H21Cl2N3O6. The summed E-state index contributed by atoms with van der Waals surface area (Å²) in [7, 11) is 5.69. The van der Waals surface area contributed by atoms with Gasteiger partial charge in [0, 0.05) is 11.1 Å². The number of amides is 1. The van der Waals surface area contributed by atoms with Gasteiger partial charge in [0.1, 0.15) is 27.9 Å². The minimum absolute atomic E-state index is 0.107. The fourth-order valence-electron chi connectivity index (χ4n) is 2.60. The zero-order valence-corrected chi connectivity index (χ0v) is 19.0. The van der Waals surface area contributed by atoms with Crippen molar-refractivity contribution in [3.05, 3.63) is 34.3 Å². The van der Waals surface area contributed by atoms with Crippen molar-refractivity contribution in [2.45, 2.75) is 13.0 Å². The number of anilines is 1. The molecule has 2 aromatic carbocycles. The van der Waals surface area contributed by atoms with Crippen LogP contribution in [0.2, 0.25) is 10.0 Å². The topological polar surface area (TPSA) is 108 Å². The summed E-state index contributed by atoms with van der Waals surface area (Å²) < 4.78 is 20.9. The molecule has 0 aliphatic heterocycles. The molecule has 1 N–H and O–H groups in total. The van der Waals surface area contributed by atoms with E-state index < -0.39 is 17.7 Å². The lowest BCUT2D eigenvalue weighted by Crippen LogP contribution is -2.32. The second-order valence-corrected chi connectivity index (χ2v) is 6.85. The van der Waals surface area contributed by atoms with Gasteiger partial charge in [-0.15, -0.1) is 0 Å². The fraction of sp³-hybridized carbons (Fsp3) is 0.300. The first-order chi connectivity index (χ1) is 14.8. The van der Waals surface area contributed by atoms with Crippen molar-refractivity contribution in [1.29, 1.82) is 0 Å². The third kappa shape index (κ3) is 5.56. The number of rotatable bonds is 9. The van der Waals surface area contributed by atoms with E-state index in [4.69, 9.17) is 42.1 Å². The number of Topliss-reactive ketones (excluding diaryl/α,β-unsaturated/α-hetero) is 1. The van der Waals surface area contributed by atoms with E-state index in [2.05, 4.69) is 15.5 Å². The Kier molecular flexibility index (Phi) is 8.47. The maximum absolute atomic E-state index is 12.8. The fourth-order valence-corrected chi connectivity index (χ4v) is 3.08. The lowest BCUT2D eigenvalue weighted by molar-refractivity contribution is -0.126. The van der Waals surface area contributed by atoms with Gasteiger partial charge < -0.3 is 24.3 Å². The number of azo groups is 1. The van der Waals surface area contributed by atoms with Crippen molar-refractivity contribution in [1.82, 2.24) is 0 Å². The smallest absolute Gasteiger partial charge is 0.258 e. The highest BCUT2D eigenvalue weighted by atomic mass is 35.5. The Balaban J connectivity index is 2.40. The summed E-state index contributed by atoms with van der Waals surface area (Å²) >= 11 is 12.3. The Hall–Kier alpha value is -3.04. The van der Waals surface area contributed by atoms with E-state index in [9.17, 15) is 9.59 Å². The standard InChI is InChI=1S/C20H21Cl2N3O6/c1-10(26)17(25-24-12-8-11(21)9-15(30-4)19(12)31-5)20(27)23-18-14(29-3)7-6-13(28-2)16(18)22/h6-9,17H,1-5H3,(H,23,27). The second kappa shape index (κ2) is 10.8. The van der Waals surface area contributed by atoms with Crippen molar-refractivity contribution in [3.63, 3.8) is 0 Å². The van der Waals surface area contributed by atoms with Crippen molar-refractivity contribution in [2.24, 2.45) is 10.2 Å². The molecule has 31 heavy (non-hydrogen) atoms. The van der Waals surface area contributed by atoms with Gasteiger partial charge in [0.2, 0.25) is 6.04 Å².